The summed E-state index contributed by atoms with van der Waals surface area (Å²) in [7, 11) is 0. The van der Waals surface area contributed by atoms with E-state index in [4.69, 9.17) is 4.98 Å². The van der Waals surface area contributed by atoms with Gasteiger partial charge in [-0.2, -0.15) is 0 Å². The Hall–Kier alpha value is -1.19. The fraction of sp³-hybridized carbons (Fsp3) is 0.471. The molecule has 0 aliphatic heterocycles. The first-order valence-corrected chi connectivity index (χ1v) is 8.32. The van der Waals surface area contributed by atoms with Crippen LogP contribution in [0.3, 0.4) is 0 Å². The molecular formula is C17H22N2S. The van der Waals surface area contributed by atoms with Crippen LogP contribution in [0.4, 0.5) is 0 Å². The molecule has 106 valence electrons. The molecule has 0 amide bonds. The first-order chi connectivity index (χ1) is 9.70. The van der Waals surface area contributed by atoms with Crippen molar-refractivity contribution in [3.8, 4) is 10.6 Å². The molecule has 2 aromatic rings. The molecule has 0 saturated heterocycles. The predicted molar refractivity (Wildman–Crippen MR) is 86.4 cm³/mol. The van der Waals surface area contributed by atoms with Crippen molar-refractivity contribution in [3.05, 3.63) is 39.9 Å². The quantitative estimate of drug-likeness (QED) is 0.903. The number of benzene rings is 1. The number of rotatable bonds is 3. The second kappa shape index (κ2) is 5.66. The van der Waals surface area contributed by atoms with Gasteiger partial charge in [0, 0.05) is 10.4 Å². The van der Waals surface area contributed by atoms with E-state index < -0.39 is 0 Å². The van der Waals surface area contributed by atoms with E-state index in [1.165, 1.54) is 51.5 Å². The number of thiazole rings is 1. The largest absolute Gasteiger partial charge is 0.309 e. The lowest BCUT2D eigenvalue weighted by atomic mass is 9.97. The number of hydrogen-bond donors (Lipinski definition) is 1. The van der Waals surface area contributed by atoms with Crippen LogP contribution in [0.5, 0.6) is 0 Å². The van der Waals surface area contributed by atoms with Gasteiger partial charge in [0.25, 0.3) is 0 Å². The molecule has 1 atom stereocenters. The zero-order chi connectivity index (χ0) is 14.1. The zero-order valence-electron chi connectivity index (χ0n) is 12.5. The summed E-state index contributed by atoms with van der Waals surface area (Å²) in [4.78, 5) is 6.48. The fourth-order valence-electron chi connectivity index (χ4n) is 3.12. The van der Waals surface area contributed by atoms with Gasteiger partial charge in [-0.1, -0.05) is 25.1 Å². The summed E-state index contributed by atoms with van der Waals surface area (Å²) in [5.74, 6) is 0. The Bertz CT molecular complexity index is 595. The highest BCUT2D eigenvalue weighted by Crippen LogP contribution is 2.38. The summed E-state index contributed by atoms with van der Waals surface area (Å²) in [5, 5.41) is 4.78. The van der Waals surface area contributed by atoms with Crippen molar-refractivity contribution in [1.29, 1.82) is 0 Å². The maximum Gasteiger partial charge on any atom is 0.124 e. The van der Waals surface area contributed by atoms with E-state index in [-0.39, 0.29) is 0 Å². The van der Waals surface area contributed by atoms with Gasteiger partial charge in [-0.25, -0.2) is 4.98 Å². The van der Waals surface area contributed by atoms with Gasteiger partial charge in [0.1, 0.15) is 5.01 Å². The smallest absolute Gasteiger partial charge is 0.124 e. The van der Waals surface area contributed by atoms with Crippen LogP contribution in [0.15, 0.2) is 18.2 Å². The minimum Gasteiger partial charge on any atom is -0.309 e. The summed E-state index contributed by atoms with van der Waals surface area (Å²) < 4.78 is 0. The SMILES string of the molecule is CCNC1CCCc2sc(-c3c(C)cccc3C)nc21. The van der Waals surface area contributed by atoms with E-state index in [9.17, 15) is 0 Å². The van der Waals surface area contributed by atoms with Crippen LogP contribution in [-0.4, -0.2) is 11.5 Å². The van der Waals surface area contributed by atoms with Gasteiger partial charge in [0.05, 0.1) is 11.7 Å². The Morgan fingerprint density at radius 1 is 1.30 bits per heavy atom. The van der Waals surface area contributed by atoms with Crippen molar-refractivity contribution < 1.29 is 0 Å². The minimum absolute atomic E-state index is 0.457. The standard InChI is InChI=1S/C17H22N2S/c1-4-18-13-9-6-10-14-16(13)19-17(20-14)15-11(2)7-5-8-12(15)3/h5,7-8,13,18H,4,6,9-10H2,1-3H3. The van der Waals surface area contributed by atoms with Crippen molar-refractivity contribution in [2.75, 3.05) is 6.54 Å². The molecule has 0 bridgehead atoms. The maximum atomic E-state index is 5.00. The van der Waals surface area contributed by atoms with Crippen molar-refractivity contribution in [2.45, 2.75) is 46.1 Å². The molecule has 1 N–H and O–H groups in total. The van der Waals surface area contributed by atoms with Crippen LogP contribution in [0, 0.1) is 13.8 Å². The predicted octanol–water partition coefficient (Wildman–Crippen LogP) is 4.41. The average Bonchev–Trinajstić information content (AvgIpc) is 2.83. The van der Waals surface area contributed by atoms with Gasteiger partial charge < -0.3 is 5.32 Å². The normalized spacial score (nSPS) is 18.1. The molecule has 1 heterocycles. The second-order valence-corrected chi connectivity index (χ2v) is 6.68. The van der Waals surface area contributed by atoms with Gasteiger partial charge in [-0.05, 0) is 50.8 Å². The van der Waals surface area contributed by atoms with Crippen LogP contribution in [0.2, 0.25) is 0 Å². The highest BCUT2D eigenvalue weighted by Gasteiger charge is 2.25. The highest BCUT2D eigenvalue weighted by molar-refractivity contribution is 7.15. The topological polar surface area (TPSA) is 24.9 Å². The molecule has 0 saturated carbocycles. The lowest BCUT2D eigenvalue weighted by molar-refractivity contribution is 0.465. The average molecular weight is 286 g/mol. The van der Waals surface area contributed by atoms with Crippen LogP contribution in [-0.2, 0) is 6.42 Å². The number of hydrogen-bond acceptors (Lipinski definition) is 3. The molecule has 3 rings (SSSR count). The van der Waals surface area contributed by atoms with Crippen LogP contribution in [0.25, 0.3) is 10.6 Å². The van der Waals surface area contributed by atoms with Gasteiger partial charge in [-0.3, -0.25) is 0 Å². The summed E-state index contributed by atoms with van der Waals surface area (Å²) in [6.45, 7) is 7.56. The molecule has 1 unspecified atom stereocenters. The molecule has 1 aliphatic rings. The summed E-state index contributed by atoms with van der Waals surface area (Å²) in [5.41, 5.74) is 5.30. The van der Waals surface area contributed by atoms with Crippen molar-refractivity contribution >= 4 is 11.3 Å². The van der Waals surface area contributed by atoms with E-state index in [1.807, 2.05) is 11.3 Å². The van der Waals surface area contributed by atoms with Gasteiger partial charge in [0.2, 0.25) is 0 Å². The zero-order valence-corrected chi connectivity index (χ0v) is 13.3. The van der Waals surface area contributed by atoms with Crippen LogP contribution < -0.4 is 5.32 Å². The number of nitrogens with zero attached hydrogens (tertiary/aromatic N) is 1. The number of aromatic nitrogens is 1. The molecule has 3 heteroatoms. The Morgan fingerprint density at radius 3 is 2.75 bits per heavy atom. The Kier molecular flexibility index (Phi) is 3.90. The number of nitrogens with one attached hydrogen (secondary N) is 1. The fourth-order valence-corrected chi connectivity index (χ4v) is 4.46. The lowest BCUT2D eigenvalue weighted by Gasteiger charge is -2.21. The van der Waals surface area contributed by atoms with Crippen molar-refractivity contribution in [3.63, 3.8) is 0 Å². The Morgan fingerprint density at radius 2 is 2.05 bits per heavy atom. The Balaban J connectivity index is 2.05. The summed E-state index contributed by atoms with van der Waals surface area (Å²) in [6, 6.07) is 6.95. The molecule has 1 aliphatic carbocycles. The Labute approximate surface area is 125 Å². The second-order valence-electron chi connectivity index (χ2n) is 5.60. The van der Waals surface area contributed by atoms with E-state index in [2.05, 4.69) is 44.3 Å². The molecule has 0 spiro atoms. The minimum atomic E-state index is 0.457. The molecule has 2 nitrogen and oxygen atoms in total. The highest BCUT2D eigenvalue weighted by atomic mass is 32.1. The molecule has 20 heavy (non-hydrogen) atoms. The van der Waals surface area contributed by atoms with E-state index >= 15 is 0 Å². The van der Waals surface area contributed by atoms with Crippen LogP contribution in [0.1, 0.15) is 47.5 Å². The van der Waals surface area contributed by atoms with Crippen LogP contribution >= 0.6 is 11.3 Å². The lowest BCUT2D eigenvalue weighted by Crippen LogP contribution is -2.24. The van der Waals surface area contributed by atoms with Gasteiger partial charge >= 0.3 is 0 Å². The molecule has 0 fully saturated rings. The summed E-state index contributed by atoms with van der Waals surface area (Å²) >= 11 is 1.90. The van der Waals surface area contributed by atoms with Crippen molar-refractivity contribution in [1.82, 2.24) is 10.3 Å². The summed E-state index contributed by atoms with van der Waals surface area (Å²) in [6.07, 6.45) is 3.69. The number of aryl methyl sites for hydroxylation is 3. The molecule has 1 aromatic heterocycles. The van der Waals surface area contributed by atoms with Gasteiger partial charge in [0.15, 0.2) is 0 Å². The third-order valence-corrected chi connectivity index (χ3v) is 5.25. The van der Waals surface area contributed by atoms with Crippen molar-refractivity contribution in [2.24, 2.45) is 0 Å². The monoisotopic (exact) mass is 286 g/mol. The first-order valence-electron chi connectivity index (χ1n) is 7.50. The first kappa shape index (κ1) is 13.8. The van der Waals surface area contributed by atoms with E-state index in [1.54, 1.807) is 0 Å². The van der Waals surface area contributed by atoms with Gasteiger partial charge in [-0.15, -0.1) is 11.3 Å². The molecule has 1 aromatic carbocycles. The maximum absolute atomic E-state index is 5.00. The van der Waals surface area contributed by atoms with E-state index in [0.29, 0.717) is 6.04 Å². The third kappa shape index (κ3) is 2.40. The molecule has 0 radical (unpaired) electrons. The van der Waals surface area contributed by atoms with E-state index in [0.717, 1.165) is 6.54 Å². The number of fused-ring (bicyclic) bond motifs is 1. The third-order valence-electron chi connectivity index (χ3n) is 4.10. The molecular weight excluding hydrogens is 264 g/mol.